The van der Waals surface area contributed by atoms with Gasteiger partial charge in [-0.15, -0.1) is 15.3 Å². The molecule has 0 saturated heterocycles. The molecule has 2 aromatic heterocycles. The Hall–Kier alpha value is -2.77. The average Bonchev–Trinajstić information content (AvgIpc) is 3.16. The number of nitrogens with zero attached hydrogens (tertiary/aromatic N) is 4. The monoisotopic (exact) mass is 355 g/mol. The molecule has 1 amide bonds. The summed E-state index contributed by atoms with van der Waals surface area (Å²) in [6.45, 7) is 0. The molecule has 8 heteroatoms. The van der Waals surface area contributed by atoms with Crippen LogP contribution < -0.4 is 5.32 Å². The fourth-order valence-electron chi connectivity index (χ4n) is 2.21. The number of carbonyl (C=O) groups is 1. The molecule has 0 unspecified atom stereocenters. The molecule has 118 valence electrons. The van der Waals surface area contributed by atoms with Crippen LogP contribution >= 0.6 is 22.9 Å². The summed E-state index contributed by atoms with van der Waals surface area (Å²) in [6.07, 6.45) is 0. The summed E-state index contributed by atoms with van der Waals surface area (Å²) >= 11 is 7.17. The molecule has 0 radical (unpaired) electrons. The highest BCUT2D eigenvalue weighted by molar-refractivity contribution is 7.20. The van der Waals surface area contributed by atoms with Crippen LogP contribution in [0.5, 0.6) is 0 Å². The van der Waals surface area contributed by atoms with Gasteiger partial charge in [-0.1, -0.05) is 41.1 Å². The minimum absolute atomic E-state index is 0.214. The van der Waals surface area contributed by atoms with Crippen molar-refractivity contribution in [1.29, 1.82) is 0 Å². The number of nitrogens with one attached hydrogen (secondary N) is 1. The van der Waals surface area contributed by atoms with Crippen LogP contribution in [0, 0.1) is 0 Å². The van der Waals surface area contributed by atoms with Gasteiger partial charge < -0.3 is 0 Å². The Balaban J connectivity index is 1.65. The molecule has 0 spiro atoms. The van der Waals surface area contributed by atoms with E-state index in [-0.39, 0.29) is 5.91 Å². The van der Waals surface area contributed by atoms with E-state index in [1.807, 2.05) is 30.3 Å². The van der Waals surface area contributed by atoms with E-state index < -0.39 is 0 Å². The van der Waals surface area contributed by atoms with E-state index in [1.54, 1.807) is 28.8 Å². The first kappa shape index (κ1) is 14.8. The van der Waals surface area contributed by atoms with E-state index in [2.05, 4.69) is 20.6 Å². The zero-order valence-electron chi connectivity index (χ0n) is 12.2. The van der Waals surface area contributed by atoms with Gasteiger partial charge in [0.1, 0.15) is 0 Å². The van der Waals surface area contributed by atoms with Gasteiger partial charge in [0.15, 0.2) is 5.82 Å². The second kappa shape index (κ2) is 6.03. The average molecular weight is 356 g/mol. The summed E-state index contributed by atoms with van der Waals surface area (Å²) in [6, 6.07) is 16.2. The smallest absolute Gasteiger partial charge is 0.257 e. The molecule has 6 nitrogen and oxygen atoms in total. The van der Waals surface area contributed by atoms with Crippen molar-refractivity contribution in [1.82, 2.24) is 19.8 Å². The predicted octanol–water partition coefficient (Wildman–Crippen LogP) is 3.76. The van der Waals surface area contributed by atoms with Gasteiger partial charge in [0.2, 0.25) is 10.1 Å². The molecule has 0 fully saturated rings. The van der Waals surface area contributed by atoms with Crippen LogP contribution in [0.25, 0.3) is 16.3 Å². The molecule has 2 heterocycles. The van der Waals surface area contributed by atoms with Gasteiger partial charge in [0, 0.05) is 16.1 Å². The number of rotatable bonds is 3. The molecule has 0 atom stereocenters. The van der Waals surface area contributed by atoms with Crippen LogP contribution in [-0.4, -0.2) is 25.7 Å². The van der Waals surface area contributed by atoms with Crippen molar-refractivity contribution >= 4 is 38.9 Å². The number of amides is 1. The molecule has 0 aliphatic heterocycles. The van der Waals surface area contributed by atoms with E-state index in [4.69, 9.17) is 11.6 Å². The van der Waals surface area contributed by atoms with Crippen LogP contribution in [0.1, 0.15) is 10.4 Å². The molecule has 2 aromatic carbocycles. The molecule has 1 N–H and O–H groups in total. The number of hydrogen-bond acceptors (Lipinski definition) is 5. The van der Waals surface area contributed by atoms with E-state index in [0.717, 1.165) is 5.56 Å². The Morgan fingerprint density at radius 1 is 1.04 bits per heavy atom. The van der Waals surface area contributed by atoms with Crippen molar-refractivity contribution < 1.29 is 4.79 Å². The van der Waals surface area contributed by atoms with Crippen molar-refractivity contribution in [3.05, 3.63) is 65.2 Å². The number of hydrogen-bond donors (Lipinski definition) is 1. The van der Waals surface area contributed by atoms with E-state index in [1.165, 1.54) is 11.3 Å². The van der Waals surface area contributed by atoms with Gasteiger partial charge in [-0.3, -0.25) is 10.1 Å². The fourth-order valence-corrected chi connectivity index (χ4v) is 3.07. The van der Waals surface area contributed by atoms with Crippen LogP contribution in [0.2, 0.25) is 5.02 Å². The Morgan fingerprint density at radius 2 is 1.79 bits per heavy atom. The summed E-state index contributed by atoms with van der Waals surface area (Å²) in [7, 11) is 0. The summed E-state index contributed by atoms with van der Waals surface area (Å²) < 4.78 is 1.61. The predicted molar refractivity (Wildman–Crippen MR) is 93.5 cm³/mol. The maximum absolute atomic E-state index is 12.2. The standard InChI is InChI=1S/C16H10ClN5OS/c17-12-8-6-10(7-9-12)13-19-20-16-22(13)21-15(24-16)18-14(23)11-4-2-1-3-5-11/h1-9H,(H,18,21,23). The molecular formula is C16H10ClN5OS. The van der Waals surface area contributed by atoms with Crippen LogP contribution in [0.15, 0.2) is 54.6 Å². The van der Waals surface area contributed by atoms with Crippen molar-refractivity contribution in [3.8, 4) is 11.4 Å². The van der Waals surface area contributed by atoms with Gasteiger partial charge >= 0.3 is 0 Å². The third kappa shape index (κ3) is 2.75. The first-order chi connectivity index (χ1) is 11.7. The third-order valence-corrected chi connectivity index (χ3v) is 4.42. The van der Waals surface area contributed by atoms with Crippen LogP contribution in [0.4, 0.5) is 5.13 Å². The summed E-state index contributed by atoms with van der Waals surface area (Å²) in [4.78, 5) is 12.8. The lowest BCUT2D eigenvalue weighted by Gasteiger charge is -2.00. The third-order valence-electron chi connectivity index (χ3n) is 3.35. The number of anilines is 1. The Kier molecular flexibility index (Phi) is 3.72. The van der Waals surface area contributed by atoms with Crippen molar-refractivity contribution in [2.45, 2.75) is 0 Å². The maximum atomic E-state index is 12.2. The molecule has 24 heavy (non-hydrogen) atoms. The van der Waals surface area contributed by atoms with Gasteiger partial charge in [-0.05, 0) is 36.4 Å². The number of aromatic nitrogens is 4. The number of benzene rings is 2. The van der Waals surface area contributed by atoms with Gasteiger partial charge in [-0.2, -0.15) is 4.52 Å². The molecule has 4 aromatic rings. The fraction of sp³-hybridized carbons (Fsp3) is 0. The summed E-state index contributed by atoms with van der Waals surface area (Å²) in [5.74, 6) is 0.381. The molecular weight excluding hydrogens is 346 g/mol. The van der Waals surface area contributed by atoms with Crippen molar-refractivity contribution in [2.24, 2.45) is 0 Å². The van der Waals surface area contributed by atoms with E-state index in [9.17, 15) is 4.79 Å². The highest BCUT2D eigenvalue weighted by Crippen LogP contribution is 2.25. The van der Waals surface area contributed by atoms with Gasteiger partial charge in [-0.25, -0.2) is 0 Å². The highest BCUT2D eigenvalue weighted by atomic mass is 35.5. The summed E-state index contributed by atoms with van der Waals surface area (Å²) in [5.41, 5.74) is 1.42. The minimum atomic E-state index is -0.214. The Morgan fingerprint density at radius 3 is 2.54 bits per heavy atom. The van der Waals surface area contributed by atoms with Crippen LogP contribution in [-0.2, 0) is 0 Å². The topological polar surface area (TPSA) is 72.2 Å². The first-order valence-electron chi connectivity index (χ1n) is 7.05. The molecule has 0 bridgehead atoms. The number of fused-ring (bicyclic) bond motifs is 1. The van der Waals surface area contributed by atoms with Crippen molar-refractivity contribution in [3.63, 3.8) is 0 Å². The Labute approximate surface area is 145 Å². The largest absolute Gasteiger partial charge is 0.296 e. The second-order valence-electron chi connectivity index (χ2n) is 4.95. The molecule has 4 rings (SSSR count). The molecule has 0 aliphatic carbocycles. The molecule has 0 aliphatic rings. The maximum Gasteiger partial charge on any atom is 0.257 e. The van der Waals surface area contributed by atoms with Crippen molar-refractivity contribution in [2.75, 3.05) is 5.32 Å². The SMILES string of the molecule is O=C(Nc1nn2c(-c3ccc(Cl)cc3)nnc2s1)c1ccccc1. The van der Waals surface area contributed by atoms with E-state index in [0.29, 0.717) is 26.5 Å². The van der Waals surface area contributed by atoms with Gasteiger partial charge in [0.25, 0.3) is 5.91 Å². The first-order valence-corrected chi connectivity index (χ1v) is 8.25. The zero-order chi connectivity index (χ0) is 16.5. The number of carbonyl (C=O) groups excluding carboxylic acids is 1. The molecule has 0 saturated carbocycles. The summed E-state index contributed by atoms with van der Waals surface area (Å²) in [5, 5.41) is 16.5. The normalized spacial score (nSPS) is 10.9. The highest BCUT2D eigenvalue weighted by Gasteiger charge is 2.15. The zero-order valence-corrected chi connectivity index (χ0v) is 13.8. The second-order valence-corrected chi connectivity index (χ2v) is 6.34. The van der Waals surface area contributed by atoms with Crippen LogP contribution in [0.3, 0.4) is 0 Å². The lowest BCUT2D eigenvalue weighted by atomic mass is 10.2. The van der Waals surface area contributed by atoms with E-state index >= 15 is 0 Å². The Bertz CT molecular complexity index is 1010. The quantitative estimate of drug-likeness (QED) is 0.607. The lowest BCUT2D eigenvalue weighted by Crippen LogP contribution is -2.11. The lowest BCUT2D eigenvalue weighted by molar-refractivity contribution is 0.102. The van der Waals surface area contributed by atoms with Gasteiger partial charge in [0.05, 0.1) is 0 Å². The number of halogens is 1. The minimum Gasteiger partial charge on any atom is -0.296 e.